The Morgan fingerprint density at radius 2 is 2.55 bits per heavy atom. The van der Waals surface area contributed by atoms with E-state index in [1.54, 1.807) is 6.20 Å². The molecule has 2 N–H and O–H groups in total. The van der Waals surface area contributed by atoms with Gasteiger partial charge in [-0.1, -0.05) is 11.6 Å². The van der Waals surface area contributed by atoms with E-state index in [-0.39, 0.29) is 6.04 Å². The number of rotatable bonds is 0. The van der Waals surface area contributed by atoms with Crippen molar-refractivity contribution in [3.63, 3.8) is 0 Å². The lowest BCUT2D eigenvalue weighted by atomic mass is 10.1. The van der Waals surface area contributed by atoms with Crippen LogP contribution in [0.4, 0.5) is 0 Å². The molecule has 0 saturated heterocycles. The summed E-state index contributed by atoms with van der Waals surface area (Å²) in [4.78, 5) is 3.87. The van der Waals surface area contributed by atoms with Crippen LogP contribution in [0, 0.1) is 0 Å². The molecular weight excluding hydrogens is 164 g/mol. The Bertz CT molecular complexity index is 290. The maximum Gasteiger partial charge on any atom is 0.171 e. The molecule has 4 heteroatoms. The first-order valence-corrected chi connectivity index (χ1v) is 3.69. The Hall–Kier alpha value is -0.800. The number of aromatic nitrogens is 1. The highest BCUT2D eigenvalue weighted by molar-refractivity contribution is 6.31. The normalized spacial score (nSPS) is 21.1. The second kappa shape index (κ2) is 2.36. The summed E-state index contributed by atoms with van der Waals surface area (Å²) in [5.41, 5.74) is 6.65. The molecule has 1 aromatic rings. The molecule has 0 aliphatic carbocycles. The van der Waals surface area contributed by atoms with Gasteiger partial charge in [-0.25, -0.2) is 4.98 Å². The fourth-order valence-electron chi connectivity index (χ4n) is 1.13. The highest BCUT2D eigenvalue weighted by Crippen LogP contribution is 2.35. The SMILES string of the molecule is NC1COc2c1ccnc2Cl. The molecule has 58 valence electrons. The van der Waals surface area contributed by atoms with Gasteiger partial charge in [0, 0.05) is 11.8 Å². The summed E-state index contributed by atoms with van der Waals surface area (Å²) in [7, 11) is 0. The minimum Gasteiger partial charge on any atom is -0.488 e. The lowest BCUT2D eigenvalue weighted by Crippen LogP contribution is -2.10. The monoisotopic (exact) mass is 170 g/mol. The molecule has 1 unspecified atom stereocenters. The van der Waals surface area contributed by atoms with E-state index in [2.05, 4.69) is 4.98 Å². The number of nitrogens with two attached hydrogens (primary N) is 1. The summed E-state index contributed by atoms with van der Waals surface area (Å²) in [6.45, 7) is 0.501. The summed E-state index contributed by atoms with van der Waals surface area (Å²) >= 11 is 5.74. The topological polar surface area (TPSA) is 48.1 Å². The van der Waals surface area contributed by atoms with Gasteiger partial charge in [0.05, 0.1) is 6.04 Å². The van der Waals surface area contributed by atoms with Gasteiger partial charge in [0.15, 0.2) is 10.9 Å². The van der Waals surface area contributed by atoms with Crippen LogP contribution in [0.25, 0.3) is 0 Å². The standard InChI is InChI=1S/C7H7ClN2O/c8-7-6-4(1-2-10-7)5(9)3-11-6/h1-2,5H,3,9H2. The molecule has 3 nitrogen and oxygen atoms in total. The Morgan fingerprint density at radius 3 is 3.27 bits per heavy atom. The van der Waals surface area contributed by atoms with Crippen LogP contribution in [0.1, 0.15) is 11.6 Å². The Balaban J connectivity index is 2.57. The summed E-state index contributed by atoms with van der Waals surface area (Å²) in [6.07, 6.45) is 1.63. The van der Waals surface area contributed by atoms with Crippen LogP contribution < -0.4 is 10.5 Å². The summed E-state index contributed by atoms with van der Waals surface area (Å²) in [6, 6.07) is 1.78. The molecule has 0 aromatic carbocycles. The second-order valence-electron chi connectivity index (χ2n) is 2.44. The largest absolute Gasteiger partial charge is 0.488 e. The van der Waals surface area contributed by atoms with Crippen molar-refractivity contribution in [3.8, 4) is 5.75 Å². The maximum atomic E-state index is 5.74. The minimum absolute atomic E-state index is 0.0505. The first kappa shape index (κ1) is 6.88. The van der Waals surface area contributed by atoms with Gasteiger partial charge in [0.25, 0.3) is 0 Å². The molecule has 2 rings (SSSR count). The fraction of sp³-hybridized carbons (Fsp3) is 0.286. The lowest BCUT2D eigenvalue weighted by Gasteiger charge is -1.99. The van der Waals surface area contributed by atoms with Gasteiger partial charge in [-0.05, 0) is 6.07 Å². The third-order valence-corrected chi connectivity index (χ3v) is 1.97. The molecular formula is C7H7ClN2O. The van der Waals surface area contributed by atoms with E-state index in [0.29, 0.717) is 17.5 Å². The number of halogens is 1. The number of hydrogen-bond donors (Lipinski definition) is 1. The van der Waals surface area contributed by atoms with Crippen LogP contribution in [0.5, 0.6) is 5.75 Å². The van der Waals surface area contributed by atoms with Gasteiger partial charge >= 0.3 is 0 Å². The average Bonchev–Trinajstić information content (AvgIpc) is 2.35. The molecule has 0 saturated carbocycles. The quantitative estimate of drug-likeness (QED) is 0.594. The Morgan fingerprint density at radius 1 is 1.73 bits per heavy atom. The van der Waals surface area contributed by atoms with Crippen molar-refractivity contribution in [1.29, 1.82) is 0 Å². The second-order valence-corrected chi connectivity index (χ2v) is 2.80. The maximum absolute atomic E-state index is 5.74. The van der Waals surface area contributed by atoms with Crippen molar-refractivity contribution in [2.24, 2.45) is 5.73 Å². The summed E-state index contributed by atoms with van der Waals surface area (Å²) < 4.78 is 5.22. The van der Waals surface area contributed by atoms with Gasteiger partial charge in [-0.15, -0.1) is 0 Å². The molecule has 11 heavy (non-hydrogen) atoms. The number of fused-ring (bicyclic) bond motifs is 1. The van der Waals surface area contributed by atoms with E-state index in [1.807, 2.05) is 6.07 Å². The predicted octanol–water partition coefficient (Wildman–Crippen LogP) is 1.13. The van der Waals surface area contributed by atoms with Gasteiger partial charge < -0.3 is 10.5 Å². The van der Waals surface area contributed by atoms with Crippen molar-refractivity contribution in [1.82, 2.24) is 4.98 Å². The zero-order valence-corrected chi connectivity index (χ0v) is 6.51. The summed E-state index contributed by atoms with van der Waals surface area (Å²) in [5, 5.41) is 0.399. The molecule has 2 heterocycles. The van der Waals surface area contributed by atoms with E-state index in [0.717, 1.165) is 5.56 Å². The van der Waals surface area contributed by atoms with E-state index < -0.39 is 0 Å². The minimum atomic E-state index is -0.0505. The highest BCUT2D eigenvalue weighted by Gasteiger charge is 2.22. The number of pyridine rings is 1. The van der Waals surface area contributed by atoms with E-state index in [4.69, 9.17) is 22.1 Å². The molecule has 0 bridgehead atoms. The lowest BCUT2D eigenvalue weighted by molar-refractivity contribution is 0.332. The van der Waals surface area contributed by atoms with Gasteiger partial charge in [0.1, 0.15) is 6.61 Å². The highest BCUT2D eigenvalue weighted by atomic mass is 35.5. The van der Waals surface area contributed by atoms with Gasteiger partial charge in [-0.2, -0.15) is 0 Å². The molecule has 0 fully saturated rings. The first-order chi connectivity index (χ1) is 5.29. The molecule has 0 amide bonds. The average molecular weight is 171 g/mol. The van der Waals surface area contributed by atoms with Crippen LogP contribution in [-0.4, -0.2) is 11.6 Å². The molecule has 1 aliphatic rings. The van der Waals surface area contributed by atoms with E-state index >= 15 is 0 Å². The van der Waals surface area contributed by atoms with Gasteiger partial charge in [-0.3, -0.25) is 0 Å². The third kappa shape index (κ3) is 0.968. The Labute approximate surface area is 69.1 Å². The summed E-state index contributed by atoms with van der Waals surface area (Å²) in [5.74, 6) is 0.640. The Kier molecular flexibility index (Phi) is 1.47. The first-order valence-electron chi connectivity index (χ1n) is 3.32. The van der Waals surface area contributed by atoms with Gasteiger partial charge in [0.2, 0.25) is 0 Å². The predicted molar refractivity (Wildman–Crippen MR) is 41.7 cm³/mol. The molecule has 0 radical (unpaired) electrons. The van der Waals surface area contributed by atoms with Crippen LogP contribution in [-0.2, 0) is 0 Å². The van der Waals surface area contributed by atoms with Crippen molar-refractivity contribution < 1.29 is 4.74 Å². The molecule has 1 aromatic heterocycles. The molecule has 1 aliphatic heterocycles. The number of nitrogens with zero attached hydrogens (tertiary/aromatic N) is 1. The van der Waals surface area contributed by atoms with Crippen LogP contribution in [0.2, 0.25) is 5.15 Å². The van der Waals surface area contributed by atoms with Crippen LogP contribution in [0.3, 0.4) is 0 Å². The van der Waals surface area contributed by atoms with Crippen molar-refractivity contribution in [2.45, 2.75) is 6.04 Å². The smallest absolute Gasteiger partial charge is 0.171 e. The van der Waals surface area contributed by atoms with E-state index in [1.165, 1.54) is 0 Å². The van der Waals surface area contributed by atoms with Crippen molar-refractivity contribution in [3.05, 3.63) is 23.0 Å². The van der Waals surface area contributed by atoms with Crippen molar-refractivity contribution >= 4 is 11.6 Å². The zero-order valence-electron chi connectivity index (χ0n) is 5.75. The fourth-order valence-corrected chi connectivity index (χ4v) is 1.35. The van der Waals surface area contributed by atoms with Crippen molar-refractivity contribution in [2.75, 3.05) is 6.61 Å². The zero-order chi connectivity index (χ0) is 7.84. The molecule has 0 spiro atoms. The van der Waals surface area contributed by atoms with Crippen LogP contribution >= 0.6 is 11.6 Å². The van der Waals surface area contributed by atoms with Crippen LogP contribution in [0.15, 0.2) is 12.3 Å². The molecule has 1 atom stereocenters. The third-order valence-electron chi connectivity index (χ3n) is 1.70. The van der Waals surface area contributed by atoms with E-state index in [9.17, 15) is 0 Å². The number of hydrogen-bond acceptors (Lipinski definition) is 3. The number of ether oxygens (including phenoxy) is 1.